The van der Waals surface area contributed by atoms with Crippen molar-refractivity contribution in [3.63, 3.8) is 0 Å². The quantitative estimate of drug-likeness (QED) is 0.478. The maximum atomic E-state index is 9.90. The van der Waals surface area contributed by atoms with Crippen LogP contribution in [-0.4, -0.2) is 23.9 Å². The first-order chi connectivity index (χ1) is 3.63. The third-order valence-electron chi connectivity index (χ3n) is 0.486. The summed E-state index contributed by atoms with van der Waals surface area (Å²) in [5.74, 6) is 0. The van der Waals surface area contributed by atoms with Crippen molar-refractivity contribution in [1.29, 1.82) is 0 Å². The van der Waals surface area contributed by atoms with Crippen LogP contribution in [0.15, 0.2) is 0 Å². The first-order valence-electron chi connectivity index (χ1n) is 2.29. The third kappa shape index (κ3) is 5.39. The maximum Gasteiger partial charge on any atom is 0.511 e. The number of quaternary nitrogens is 1. The lowest BCUT2D eigenvalue weighted by molar-refractivity contribution is -0.284. The van der Waals surface area contributed by atoms with Crippen LogP contribution in [0.25, 0.3) is 0 Å². The molecule has 0 fully saturated rings. The molecule has 0 aromatic carbocycles. The molecule has 1 amide bonds. The standard InChI is InChI=1S/C4H9NO3/c1-3(6)2-8-4(5)7/h3,6H,2H2,1H3,(H2,5,7)/p+1. The average molecular weight is 120 g/mol. The Bertz CT molecular complexity index is 81.4. The molecule has 4 heteroatoms. The van der Waals surface area contributed by atoms with E-state index in [1.807, 2.05) is 0 Å². The van der Waals surface area contributed by atoms with E-state index < -0.39 is 12.2 Å². The number of amides is 1. The average Bonchev–Trinajstić information content (AvgIpc) is 1.61. The molecule has 0 aliphatic heterocycles. The van der Waals surface area contributed by atoms with Crippen LogP contribution in [-0.2, 0) is 4.74 Å². The Hall–Kier alpha value is -0.610. The van der Waals surface area contributed by atoms with Gasteiger partial charge < -0.3 is 9.84 Å². The van der Waals surface area contributed by atoms with Gasteiger partial charge in [0.25, 0.3) is 0 Å². The maximum absolute atomic E-state index is 9.90. The van der Waals surface area contributed by atoms with Crippen molar-refractivity contribution < 1.29 is 20.4 Å². The minimum Gasteiger partial charge on any atom is -0.418 e. The van der Waals surface area contributed by atoms with E-state index in [4.69, 9.17) is 5.11 Å². The summed E-state index contributed by atoms with van der Waals surface area (Å²) in [5.41, 5.74) is 2.94. The molecule has 0 heterocycles. The zero-order valence-electron chi connectivity index (χ0n) is 4.76. The molecule has 0 radical (unpaired) electrons. The lowest BCUT2D eigenvalue weighted by atomic mass is 10.5. The monoisotopic (exact) mass is 120 g/mol. The number of aliphatic hydroxyl groups is 1. The Morgan fingerprint density at radius 1 is 2.00 bits per heavy atom. The van der Waals surface area contributed by atoms with Gasteiger partial charge >= 0.3 is 6.09 Å². The molecule has 0 rings (SSSR count). The Labute approximate surface area is 47.2 Å². The van der Waals surface area contributed by atoms with E-state index in [9.17, 15) is 4.79 Å². The Balaban J connectivity index is 3.05. The first-order valence-corrected chi connectivity index (χ1v) is 2.29. The Kier molecular flexibility index (Phi) is 3.14. The predicted molar refractivity (Wildman–Crippen MR) is 25.9 cm³/mol. The smallest absolute Gasteiger partial charge is 0.418 e. The molecule has 4 N–H and O–H groups in total. The fourth-order valence-corrected chi connectivity index (χ4v) is 0.214. The van der Waals surface area contributed by atoms with Gasteiger partial charge in [0.2, 0.25) is 0 Å². The highest BCUT2D eigenvalue weighted by Crippen LogP contribution is 1.79. The molecule has 48 valence electrons. The van der Waals surface area contributed by atoms with Gasteiger partial charge in [-0.2, -0.15) is 4.79 Å². The Morgan fingerprint density at radius 3 is 2.62 bits per heavy atom. The minimum absolute atomic E-state index is 0.0301. The van der Waals surface area contributed by atoms with Crippen molar-refractivity contribution in [2.75, 3.05) is 6.61 Å². The van der Waals surface area contributed by atoms with Crippen LogP contribution in [0.5, 0.6) is 0 Å². The van der Waals surface area contributed by atoms with Gasteiger partial charge in [0.1, 0.15) is 6.61 Å². The van der Waals surface area contributed by atoms with Crippen LogP contribution in [0.2, 0.25) is 0 Å². The summed E-state index contributed by atoms with van der Waals surface area (Å²) < 4.78 is 4.30. The lowest BCUT2D eigenvalue weighted by Gasteiger charge is -1.99. The number of ether oxygens (including phenoxy) is 1. The van der Waals surface area contributed by atoms with E-state index in [1.54, 1.807) is 0 Å². The van der Waals surface area contributed by atoms with Gasteiger partial charge in [-0.3, -0.25) is 5.73 Å². The van der Waals surface area contributed by atoms with Gasteiger partial charge in [-0.25, -0.2) is 0 Å². The zero-order chi connectivity index (χ0) is 6.57. The van der Waals surface area contributed by atoms with E-state index in [-0.39, 0.29) is 6.61 Å². The highest BCUT2D eigenvalue weighted by molar-refractivity contribution is 5.53. The summed E-state index contributed by atoms with van der Waals surface area (Å²) in [6.45, 7) is 1.56. The summed E-state index contributed by atoms with van der Waals surface area (Å²) in [7, 11) is 0. The van der Waals surface area contributed by atoms with Crippen LogP contribution in [0, 0.1) is 0 Å². The normalized spacial score (nSPS) is 12.9. The largest absolute Gasteiger partial charge is 0.511 e. The van der Waals surface area contributed by atoms with Crippen molar-refractivity contribution >= 4 is 6.09 Å². The molecule has 1 unspecified atom stereocenters. The second kappa shape index (κ2) is 3.40. The van der Waals surface area contributed by atoms with Crippen molar-refractivity contribution in [2.24, 2.45) is 0 Å². The predicted octanol–water partition coefficient (Wildman–Crippen LogP) is -1.25. The zero-order valence-corrected chi connectivity index (χ0v) is 4.76. The molecule has 0 spiro atoms. The molecule has 0 bridgehead atoms. The van der Waals surface area contributed by atoms with Crippen molar-refractivity contribution in [3.8, 4) is 0 Å². The molecule has 0 aromatic rings. The van der Waals surface area contributed by atoms with Gasteiger partial charge in [0.05, 0.1) is 6.10 Å². The molecule has 0 aliphatic rings. The van der Waals surface area contributed by atoms with Gasteiger partial charge in [-0.05, 0) is 6.92 Å². The molecule has 0 saturated heterocycles. The Morgan fingerprint density at radius 2 is 2.50 bits per heavy atom. The van der Waals surface area contributed by atoms with Gasteiger partial charge in [0, 0.05) is 0 Å². The minimum atomic E-state index is -0.606. The van der Waals surface area contributed by atoms with Crippen LogP contribution in [0.3, 0.4) is 0 Å². The van der Waals surface area contributed by atoms with Gasteiger partial charge in [-0.15, -0.1) is 0 Å². The molecule has 4 nitrogen and oxygen atoms in total. The summed E-state index contributed by atoms with van der Waals surface area (Å²) in [6.07, 6.45) is -1.20. The molecule has 1 atom stereocenters. The van der Waals surface area contributed by atoms with Crippen LogP contribution in [0.4, 0.5) is 4.79 Å². The fourth-order valence-electron chi connectivity index (χ4n) is 0.214. The summed E-state index contributed by atoms with van der Waals surface area (Å²) >= 11 is 0. The fraction of sp³-hybridized carbons (Fsp3) is 0.750. The van der Waals surface area contributed by atoms with Crippen LogP contribution < -0.4 is 5.73 Å². The molecule has 0 aliphatic carbocycles. The highest BCUT2D eigenvalue weighted by Gasteiger charge is 1.99. The summed E-state index contributed by atoms with van der Waals surface area (Å²) in [5, 5.41) is 8.50. The van der Waals surface area contributed by atoms with E-state index in [0.29, 0.717) is 0 Å². The number of hydrogen-bond acceptors (Lipinski definition) is 3. The van der Waals surface area contributed by atoms with E-state index >= 15 is 0 Å². The first kappa shape index (κ1) is 7.39. The second-order valence-corrected chi connectivity index (χ2v) is 1.53. The lowest BCUT2D eigenvalue weighted by Crippen LogP contribution is -2.57. The molecular formula is C4H10NO3+. The van der Waals surface area contributed by atoms with E-state index in [2.05, 4.69) is 10.5 Å². The third-order valence-corrected chi connectivity index (χ3v) is 0.486. The molecule has 8 heavy (non-hydrogen) atoms. The number of carbonyl (C=O) groups excluding carboxylic acids is 1. The number of carbonyl (C=O) groups is 1. The van der Waals surface area contributed by atoms with Crippen molar-refractivity contribution in [2.45, 2.75) is 13.0 Å². The van der Waals surface area contributed by atoms with Crippen LogP contribution in [0.1, 0.15) is 6.92 Å². The molecule has 0 saturated carbocycles. The highest BCUT2D eigenvalue weighted by atomic mass is 16.6. The van der Waals surface area contributed by atoms with Gasteiger partial charge in [0.15, 0.2) is 0 Å². The van der Waals surface area contributed by atoms with Crippen molar-refractivity contribution in [3.05, 3.63) is 0 Å². The van der Waals surface area contributed by atoms with E-state index in [0.717, 1.165) is 0 Å². The summed E-state index contributed by atoms with van der Waals surface area (Å²) in [6, 6.07) is 0. The van der Waals surface area contributed by atoms with E-state index in [1.165, 1.54) is 6.92 Å². The van der Waals surface area contributed by atoms with Crippen LogP contribution >= 0.6 is 0 Å². The SMILES string of the molecule is CC(O)COC([NH3+])=O. The number of rotatable bonds is 2. The van der Waals surface area contributed by atoms with Gasteiger partial charge in [-0.1, -0.05) is 0 Å². The number of hydrogen-bond donors (Lipinski definition) is 2. The summed E-state index contributed by atoms with van der Waals surface area (Å²) in [4.78, 5) is 9.90. The topological polar surface area (TPSA) is 74.2 Å². The molecule has 0 aromatic heterocycles. The molecular weight excluding hydrogens is 110 g/mol. The second-order valence-electron chi connectivity index (χ2n) is 1.53. The van der Waals surface area contributed by atoms with Crippen molar-refractivity contribution in [1.82, 2.24) is 0 Å². The number of aliphatic hydroxyl groups excluding tert-OH is 1.